The molecule has 5 heteroatoms. The molecular formula is C12H20O4S. The number of Topliss-reactive ketones (excluding diaryl/α,β-unsaturated/α-hetero) is 1. The van der Waals surface area contributed by atoms with Crippen molar-refractivity contribution in [1.29, 1.82) is 0 Å². The topological polar surface area (TPSA) is 60.4 Å². The van der Waals surface area contributed by atoms with Crippen molar-refractivity contribution in [2.24, 2.45) is 0 Å². The summed E-state index contributed by atoms with van der Waals surface area (Å²) in [4.78, 5) is 33.0. The Balaban J connectivity index is 3.39. The van der Waals surface area contributed by atoms with Crippen molar-refractivity contribution in [3.8, 4) is 0 Å². The van der Waals surface area contributed by atoms with Gasteiger partial charge in [0.05, 0.1) is 6.61 Å². The summed E-state index contributed by atoms with van der Waals surface area (Å²) in [6.45, 7) is 3.67. The Morgan fingerprint density at radius 1 is 1.06 bits per heavy atom. The molecule has 0 aromatic heterocycles. The van der Waals surface area contributed by atoms with Gasteiger partial charge in [-0.2, -0.15) is 0 Å². The van der Waals surface area contributed by atoms with Crippen LogP contribution < -0.4 is 0 Å². The number of ether oxygens (including phenoxy) is 1. The van der Waals surface area contributed by atoms with Crippen LogP contribution in [0, 0.1) is 0 Å². The van der Waals surface area contributed by atoms with Gasteiger partial charge in [-0.3, -0.25) is 14.4 Å². The van der Waals surface area contributed by atoms with E-state index in [2.05, 4.69) is 0 Å². The molecule has 0 bridgehead atoms. The van der Waals surface area contributed by atoms with Crippen LogP contribution in [-0.4, -0.2) is 29.2 Å². The minimum absolute atomic E-state index is 0.0418. The average molecular weight is 260 g/mol. The number of carbonyl (C=O) groups is 3. The summed E-state index contributed by atoms with van der Waals surface area (Å²) in [6, 6.07) is 0. The summed E-state index contributed by atoms with van der Waals surface area (Å²) < 4.78 is 4.78. The molecule has 0 amide bonds. The van der Waals surface area contributed by atoms with E-state index in [1.807, 2.05) is 0 Å². The summed E-state index contributed by atoms with van der Waals surface area (Å²) in [7, 11) is 0. The van der Waals surface area contributed by atoms with Crippen LogP contribution in [0.25, 0.3) is 0 Å². The molecule has 0 radical (unpaired) electrons. The monoisotopic (exact) mass is 260 g/mol. The van der Waals surface area contributed by atoms with Crippen LogP contribution in [0.1, 0.15) is 46.0 Å². The van der Waals surface area contributed by atoms with E-state index in [9.17, 15) is 14.4 Å². The number of esters is 1. The summed E-state index contributed by atoms with van der Waals surface area (Å²) in [5.41, 5.74) is 0. The maximum Gasteiger partial charge on any atom is 0.305 e. The van der Waals surface area contributed by atoms with Crippen LogP contribution in [-0.2, 0) is 19.1 Å². The molecule has 0 aliphatic rings. The van der Waals surface area contributed by atoms with Gasteiger partial charge < -0.3 is 4.74 Å². The minimum atomic E-state index is -0.202. The van der Waals surface area contributed by atoms with Crippen molar-refractivity contribution in [3.63, 3.8) is 0 Å². The Morgan fingerprint density at radius 2 is 1.71 bits per heavy atom. The van der Waals surface area contributed by atoms with Crippen LogP contribution >= 0.6 is 11.8 Å². The van der Waals surface area contributed by atoms with Crippen molar-refractivity contribution < 1.29 is 19.1 Å². The lowest BCUT2D eigenvalue weighted by atomic mass is 10.1. The second kappa shape index (κ2) is 10.3. The van der Waals surface area contributed by atoms with Gasteiger partial charge in [0.1, 0.15) is 5.78 Å². The lowest BCUT2D eigenvalue weighted by molar-refractivity contribution is -0.143. The second-order valence-electron chi connectivity index (χ2n) is 3.64. The largest absolute Gasteiger partial charge is 0.466 e. The van der Waals surface area contributed by atoms with E-state index in [4.69, 9.17) is 4.74 Å². The summed E-state index contributed by atoms with van der Waals surface area (Å²) in [5, 5.41) is 0.0418. The van der Waals surface area contributed by atoms with Gasteiger partial charge in [0, 0.05) is 31.9 Å². The quantitative estimate of drug-likeness (QED) is 0.470. The maximum absolute atomic E-state index is 11.4. The first-order valence-corrected chi connectivity index (χ1v) is 6.85. The predicted molar refractivity (Wildman–Crippen MR) is 67.9 cm³/mol. The number of rotatable bonds is 9. The highest BCUT2D eigenvalue weighted by Gasteiger charge is 2.05. The first-order valence-electron chi connectivity index (χ1n) is 5.87. The minimum Gasteiger partial charge on any atom is -0.466 e. The van der Waals surface area contributed by atoms with Crippen molar-refractivity contribution in [3.05, 3.63) is 0 Å². The molecule has 0 heterocycles. The molecule has 0 aliphatic heterocycles. The number of carbonyl (C=O) groups excluding carboxylic acids is 3. The Hall–Kier alpha value is -0.840. The van der Waals surface area contributed by atoms with Crippen molar-refractivity contribution in [1.82, 2.24) is 0 Å². The van der Waals surface area contributed by atoms with E-state index in [1.54, 1.807) is 6.92 Å². The van der Waals surface area contributed by atoms with Gasteiger partial charge in [-0.05, 0) is 19.8 Å². The molecule has 0 atom stereocenters. The van der Waals surface area contributed by atoms with Gasteiger partial charge in [-0.1, -0.05) is 11.8 Å². The van der Waals surface area contributed by atoms with Crippen LogP contribution in [0.5, 0.6) is 0 Å². The molecular weight excluding hydrogens is 240 g/mol. The van der Waals surface area contributed by atoms with E-state index in [1.165, 1.54) is 18.7 Å². The fraction of sp³-hybridized carbons (Fsp3) is 0.750. The third kappa shape index (κ3) is 11.4. The molecule has 0 aromatic carbocycles. The molecule has 0 rings (SSSR count). The van der Waals surface area contributed by atoms with Crippen LogP contribution in [0.4, 0.5) is 0 Å². The van der Waals surface area contributed by atoms with Crippen molar-refractivity contribution in [2.45, 2.75) is 46.0 Å². The number of thioether (sulfide) groups is 1. The number of hydrogen-bond donors (Lipinski definition) is 0. The molecule has 0 aliphatic carbocycles. The third-order valence-corrected chi connectivity index (χ3v) is 2.89. The predicted octanol–water partition coefficient (Wildman–Crippen LogP) is 2.35. The first-order chi connectivity index (χ1) is 8.06. The highest BCUT2D eigenvalue weighted by molar-refractivity contribution is 8.13. The van der Waals surface area contributed by atoms with E-state index in [-0.39, 0.29) is 16.9 Å². The Morgan fingerprint density at radius 3 is 2.29 bits per heavy atom. The van der Waals surface area contributed by atoms with Gasteiger partial charge >= 0.3 is 5.97 Å². The fourth-order valence-corrected chi connectivity index (χ4v) is 1.88. The average Bonchev–Trinajstić information content (AvgIpc) is 2.24. The normalized spacial score (nSPS) is 10.0. The van der Waals surface area contributed by atoms with Crippen LogP contribution in [0.15, 0.2) is 0 Å². The van der Waals surface area contributed by atoms with Crippen molar-refractivity contribution >= 4 is 28.6 Å². The highest BCUT2D eigenvalue weighted by atomic mass is 32.2. The van der Waals surface area contributed by atoms with Crippen molar-refractivity contribution in [2.75, 3.05) is 12.4 Å². The number of hydrogen-bond acceptors (Lipinski definition) is 5. The molecule has 0 aromatic rings. The summed E-state index contributed by atoms with van der Waals surface area (Å²) in [5.74, 6) is 0.515. The Bertz CT molecular complexity index is 263. The highest BCUT2D eigenvalue weighted by Crippen LogP contribution is 2.08. The van der Waals surface area contributed by atoms with Gasteiger partial charge in [0.2, 0.25) is 0 Å². The van der Waals surface area contributed by atoms with E-state index < -0.39 is 0 Å². The SMILES string of the molecule is CCOC(=O)CCCCC(=O)CCSC(C)=O. The van der Waals surface area contributed by atoms with Crippen LogP contribution in [0.3, 0.4) is 0 Å². The molecule has 0 unspecified atom stereocenters. The van der Waals surface area contributed by atoms with Gasteiger partial charge in [-0.15, -0.1) is 0 Å². The fourth-order valence-electron chi connectivity index (χ4n) is 1.26. The first kappa shape index (κ1) is 16.2. The van der Waals surface area contributed by atoms with E-state index in [0.717, 1.165) is 0 Å². The number of unbranched alkanes of at least 4 members (excludes halogenated alkanes) is 1. The maximum atomic E-state index is 11.4. The van der Waals surface area contributed by atoms with Gasteiger partial charge in [0.25, 0.3) is 0 Å². The van der Waals surface area contributed by atoms with Gasteiger partial charge in [0.15, 0.2) is 5.12 Å². The standard InChI is InChI=1S/C12H20O4S/c1-3-16-12(15)7-5-4-6-11(14)8-9-17-10(2)13/h3-9H2,1-2H3. The molecule has 98 valence electrons. The third-order valence-electron chi connectivity index (χ3n) is 2.08. The molecule has 0 spiro atoms. The second-order valence-corrected chi connectivity index (χ2v) is 4.91. The van der Waals surface area contributed by atoms with E-state index >= 15 is 0 Å². The summed E-state index contributed by atoms with van der Waals surface area (Å²) in [6.07, 6.45) is 2.69. The van der Waals surface area contributed by atoms with Crippen LogP contribution in [0.2, 0.25) is 0 Å². The molecule has 0 fully saturated rings. The van der Waals surface area contributed by atoms with Gasteiger partial charge in [-0.25, -0.2) is 0 Å². The molecule has 0 saturated carbocycles. The molecule has 17 heavy (non-hydrogen) atoms. The van der Waals surface area contributed by atoms with E-state index in [0.29, 0.717) is 44.5 Å². The molecule has 4 nitrogen and oxygen atoms in total. The summed E-state index contributed by atoms with van der Waals surface area (Å²) >= 11 is 1.18. The molecule has 0 saturated heterocycles. The zero-order valence-corrected chi connectivity index (χ0v) is 11.3. The lowest BCUT2D eigenvalue weighted by Crippen LogP contribution is -2.04. The molecule has 0 N–H and O–H groups in total. The Labute approximate surface area is 106 Å². The Kier molecular flexibility index (Phi) is 9.81. The zero-order chi connectivity index (χ0) is 13.1. The number of ketones is 1. The smallest absolute Gasteiger partial charge is 0.305 e. The lowest BCUT2D eigenvalue weighted by Gasteiger charge is -2.01. The zero-order valence-electron chi connectivity index (χ0n) is 10.5.